The zero-order valence-electron chi connectivity index (χ0n) is 8.46. The first-order valence-corrected chi connectivity index (χ1v) is 5.53. The maximum Gasteiger partial charge on any atom is 0.0746 e. The van der Waals surface area contributed by atoms with Crippen molar-refractivity contribution in [3.05, 3.63) is 29.3 Å². The zero-order valence-corrected chi connectivity index (χ0v) is 9.22. The van der Waals surface area contributed by atoms with Crippen LogP contribution in [0, 0.1) is 16.7 Å². The van der Waals surface area contributed by atoms with E-state index in [9.17, 15) is 0 Å². The lowest BCUT2D eigenvalue weighted by molar-refractivity contribution is 0.233. The van der Waals surface area contributed by atoms with Gasteiger partial charge in [-0.25, -0.2) is 0 Å². The monoisotopic (exact) mass is 220 g/mol. The van der Waals surface area contributed by atoms with E-state index >= 15 is 0 Å². The summed E-state index contributed by atoms with van der Waals surface area (Å²) in [5, 5.41) is 13.0. The molecular weight excluding hydrogens is 208 g/mol. The van der Waals surface area contributed by atoms with E-state index in [0.29, 0.717) is 11.6 Å². The Morgan fingerprint density at radius 3 is 2.67 bits per heavy atom. The van der Waals surface area contributed by atoms with E-state index in [0.717, 1.165) is 24.9 Å². The molecule has 0 unspecified atom stereocenters. The highest BCUT2D eigenvalue weighted by Gasteiger charge is 2.36. The SMILES string of the molecule is N#CC1(CNc2ccccc2Cl)CCC1. The molecule has 0 heterocycles. The van der Waals surface area contributed by atoms with Crippen molar-refractivity contribution in [2.45, 2.75) is 19.3 Å². The van der Waals surface area contributed by atoms with Gasteiger partial charge in [0.1, 0.15) is 0 Å². The molecule has 0 amide bonds. The van der Waals surface area contributed by atoms with E-state index in [4.69, 9.17) is 16.9 Å². The molecule has 78 valence electrons. The summed E-state index contributed by atoms with van der Waals surface area (Å²) in [6.45, 7) is 0.702. The molecule has 3 heteroatoms. The van der Waals surface area contributed by atoms with Crippen LogP contribution in [0.1, 0.15) is 19.3 Å². The second-order valence-electron chi connectivity index (χ2n) is 4.08. The van der Waals surface area contributed by atoms with E-state index in [2.05, 4.69) is 11.4 Å². The lowest BCUT2D eigenvalue weighted by Crippen LogP contribution is -2.35. The standard InChI is InChI=1S/C12H13ClN2/c13-10-4-1-2-5-11(10)15-9-12(8-14)6-3-7-12/h1-2,4-5,15H,3,6-7,9H2. The molecular formula is C12H13ClN2. The van der Waals surface area contributed by atoms with Gasteiger partial charge >= 0.3 is 0 Å². The first kappa shape index (κ1) is 10.3. The maximum atomic E-state index is 9.06. The topological polar surface area (TPSA) is 35.8 Å². The van der Waals surface area contributed by atoms with Gasteiger partial charge in [0.25, 0.3) is 0 Å². The second-order valence-corrected chi connectivity index (χ2v) is 4.49. The molecule has 0 saturated heterocycles. The lowest BCUT2D eigenvalue weighted by atomic mass is 9.70. The molecule has 0 spiro atoms. The molecule has 1 N–H and O–H groups in total. The Morgan fingerprint density at radius 1 is 1.40 bits per heavy atom. The van der Waals surface area contributed by atoms with Crippen molar-refractivity contribution in [3.63, 3.8) is 0 Å². The highest BCUT2D eigenvalue weighted by atomic mass is 35.5. The number of nitrogens with zero attached hydrogens (tertiary/aromatic N) is 1. The first-order chi connectivity index (χ1) is 7.26. The largest absolute Gasteiger partial charge is 0.382 e. The summed E-state index contributed by atoms with van der Waals surface area (Å²) in [5.74, 6) is 0. The second kappa shape index (κ2) is 4.12. The highest BCUT2D eigenvalue weighted by Crippen LogP contribution is 2.40. The van der Waals surface area contributed by atoms with Crippen LogP contribution in [0.3, 0.4) is 0 Å². The molecule has 2 nitrogen and oxygen atoms in total. The molecule has 1 aromatic carbocycles. The van der Waals surface area contributed by atoms with Crippen molar-refractivity contribution in [1.29, 1.82) is 5.26 Å². The number of hydrogen-bond acceptors (Lipinski definition) is 2. The van der Waals surface area contributed by atoms with Gasteiger partial charge in [-0.1, -0.05) is 30.2 Å². The van der Waals surface area contributed by atoms with Crippen molar-refractivity contribution < 1.29 is 0 Å². The third-order valence-electron chi connectivity index (χ3n) is 3.04. The average molecular weight is 221 g/mol. The van der Waals surface area contributed by atoms with Gasteiger partial charge in [0.15, 0.2) is 0 Å². The van der Waals surface area contributed by atoms with Gasteiger partial charge in [0, 0.05) is 6.54 Å². The normalized spacial score (nSPS) is 17.6. The molecule has 1 fully saturated rings. The van der Waals surface area contributed by atoms with Crippen LogP contribution >= 0.6 is 11.6 Å². The summed E-state index contributed by atoms with van der Waals surface area (Å²) in [6.07, 6.45) is 3.17. The highest BCUT2D eigenvalue weighted by molar-refractivity contribution is 6.33. The van der Waals surface area contributed by atoms with Crippen molar-refractivity contribution in [1.82, 2.24) is 0 Å². The van der Waals surface area contributed by atoms with Gasteiger partial charge in [-0.2, -0.15) is 5.26 Å². The van der Waals surface area contributed by atoms with Crippen molar-refractivity contribution in [2.75, 3.05) is 11.9 Å². The molecule has 0 aliphatic heterocycles. The Labute approximate surface area is 94.9 Å². The smallest absolute Gasteiger partial charge is 0.0746 e. The van der Waals surface area contributed by atoms with Crippen LogP contribution in [0.25, 0.3) is 0 Å². The fourth-order valence-electron chi connectivity index (χ4n) is 1.80. The van der Waals surface area contributed by atoms with Gasteiger partial charge in [-0.3, -0.25) is 0 Å². The number of benzene rings is 1. The van der Waals surface area contributed by atoms with Crippen LogP contribution in [-0.2, 0) is 0 Å². The first-order valence-electron chi connectivity index (χ1n) is 5.15. The van der Waals surface area contributed by atoms with Gasteiger partial charge in [-0.05, 0) is 25.0 Å². The van der Waals surface area contributed by atoms with Crippen molar-refractivity contribution in [3.8, 4) is 6.07 Å². The predicted molar refractivity (Wildman–Crippen MR) is 61.8 cm³/mol. The molecule has 1 saturated carbocycles. The van der Waals surface area contributed by atoms with Crippen LogP contribution in [0.5, 0.6) is 0 Å². The van der Waals surface area contributed by atoms with Crippen LogP contribution in [-0.4, -0.2) is 6.54 Å². The van der Waals surface area contributed by atoms with Crippen LogP contribution in [0.15, 0.2) is 24.3 Å². The van der Waals surface area contributed by atoms with Gasteiger partial charge < -0.3 is 5.32 Å². The molecule has 1 aromatic rings. The third kappa shape index (κ3) is 2.08. The van der Waals surface area contributed by atoms with Gasteiger partial charge in [0.05, 0.1) is 22.2 Å². The third-order valence-corrected chi connectivity index (χ3v) is 3.37. The number of anilines is 1. The average Bonchev–Trinajstić information content (AvgIpc) is 2.19. The van der Waals surface area contributed by atoms with E-state index in [1.165, 1.54) is 0 Å². The summed E-state index contributed by atoms with van der Waals surface area (Å²) in [6, 6.07) is 10.0. The number of rotatable bonds is 3. The van der Waals surface area contributed by atoms with E-state index in [1.807, 2.05) is 24.3 Å². The maximum absolute atomic E-state index is 9.06. The molecule has 0 atom stereocenters. The molecule has 2 rings (SSSR count). The minimum Gasteiger partial charge on any atom is -0.382 e. The summed E-state index contributed by atoms with van der Waals surface area (Å²) in [5.41, 5.74) is 0.764. The van der Waals surface area contributed by atoms with E-state index in [-0.39, 0.29) is 5.41 Å². The van der Waals surface area contributed by atoms with Crippen LogP contribution < -0.4 is 5.32 Å². The quantitative estimate of drug-likeness (QED) is 0.847. The van der Waals surface area contributed by atoms with Crippen LogP contribution in [0.2, 0.25) is 5.02 Å². The Kier molecular flexibility index (Phi) is 2.83. The Hall–Kier alpha value is -1.20. The fourth-order valence-corrected chi connectivity index (χ4v) is 2.00. The number of para-hydroxylation sites is 1. The lowest BCUT2D eigenvalue weighted by Gasteiger charge is -2.35. The van der Waals surface area contributed by atoms with Crippen LogP contribution in [0.4, 0.5) is 5.69 Å². The summed E-state index contributed by atoms with van der Waals surface area (Å²) < 4.78 is 0. The Morgan fingerprint density at radius 2 is 2.13 bits per heavy atom. The van der Waals surface area contributed by atoms with E-state index in [1.54, 1.807) is 0 Å². The Bertz CT molecular complexity index is 391. The number of halogens is 1. The predicted octanol–water partition coefficient (Wildman–Crippen LogP) is 3.45. The zero-order chi connectivity index (χ0) is 10.7. The summed E-state index contributed by atoms with van der Waals surface area (Å²) in [4.78, 5) is 0. The summed E-state index contributed by atoms with van der Waals surface area (Å²) in [7, 11) is 0. The number of hydrogen-bond donors (Lipinski definition) is 1. The van der Waals surface area contributed by atoms with Crippen molar-refractivity contribution in [2.24, 2.45) is 5.41 Å². The molecule has 0 bridgehead atoms. The molecule has 1 aliphatic rings. The minimum atomic E-state index is -0.154. The minimum absolute atomic E-state index is 0.154. The van der Waals surface area contributed by atoms with Gasteiger partial charge in [-0.15, -0.1) is 0 Å². The summed E-state index contributed by atoms with van der Waals surface area (Å²) >= 11 is 6.01. The molecule has 0 radical (unpaired) electrons. The Balaban J connectivity index is 1.99. The van der Waals surface area contributed by atoms with E-state index < -0.39 is 0 Å². The number of nitriles is 1. The van der Waals surface area contributed by atoms with Gasteiger partial charge in [0.2, 0.25) is 0 Å². The fraction of sp³-hybridized carbons (Fsp3) is 0.417. The molecule has 15 heavy (non-hydrogen) atoms. The molecule has 0 aromatic heterocycles. The van der Waals surface area contributed by atoms with Crippen molar-refractivity contribution >= 4 is 17.3 Å². The number of nitrogens with one attached hydrogen (secondary N) is 1. The molecule has 1 aliphatic carbocycles.